The van der Waals surface area contributed by atoms with Crippen molar-refractivity contribution in [3.8, 4) is 11.5 Å². The summed E-state index contributed by atoms with van der Waals surface area (Å²) in [6, 6.07) is 14.3. The maximum Gasteiger partial charge on any atom is 0.348 e. The predicted octanol–water partition coefficient (Wildman–Crippen LogP) is 4.17. The van der Waals surface area contributed by atoms with Gasteiger partial charge >= 0.3 is 6.03 Å². The van der Waals surface area contributed by atoms with E-state index in [1.807, 2.05) is 24.3 Å². The van der Waals surface area contributed by atoms with Crippen molar-refractivity contribution in [1.29, 1.82) is 0 Å². The maximum atomic E-state index is 12.2. The molecule has 1 amide bonds. The molecule has 1 aromatic heterocycles. The van der Waals surface area contributed by atoms with Crippen LogP contribution in [0.25, 0.3) is 0 Å². The van der Waals surface area contributed by atoms with E-state index in [-0.39, 0.29) is 6.03 Å². The van der Waals surface area contributed by atoms with Crippen molar-refractivity contribution in [2.45, 2.75) is 10.1 Å². The van der Waals surface area contributed by atoms with Crippen molar-refractivity contribution in [1.82, 2.24) is 14.8 Å². The lowest BCUT2D eigenvalue weighted by molar-refractivity contribution is 0.250. The van der Waals surface area contributed by atoms with Gasteiger partial charge in [-0.2, -0.15) is 4.68 Å². The molecule has 1 heterocycles. The third kappa shape index (κ3) is 4.70. The molecular weight excluding hydrogens is 372 g/mol. The van der Waals surface area contributed by atoms with Crippen molar-refractivity contribution < 1.29 is 14.3 Å². The van der Waals surface area contributed by atoms with Crippen LogP contribution < -0.4 is 14.8 Å². The number of hydrogen-bond acceptors (Lipinski definition) is 7. The van der Waals surface area contributed by atoms with Crippen LogP contribution in [0.3, 0.4) is 0 Å². The van der Waals surface area contributed by atoms with Gasteiger partial charge in [-0.15, -0.1) is 5.10 Å². The molecule has 0 saturated heterocycles. The number of ether oxygens (including phenoxy) is 2. The molecule has 0 aliphatic carbocycles. The Labute approximate surface area is 158 Å². The zero-order chi connectivity index (χ0) is 18.4. The molecule has 0 aliphatic rings. The molecular formula is C17H16N4O3S2. The number of carbonyl (C=O) groups is 1. The molecule has 2 aromatic carbocycles. The summed E-state index contributed by atoms with van der Waals surface area (Å²) in [5, 5.41) is 7.42. The van der Waals surface area contributed by atoms with Crippen LogP contribution in [0.15, 0.2) is 64.9 Å². The average Bonchev–Trinajstić information content (AvgIpc) is 3.16. The monoisotopic (exact) mass is 388 g/mol. The van der Waals surface area contributed by atoms with Gasteiger partial charge in [0.05, 0.1) is 14.2 Å². The molecule has 1 N–H and O–H groups in total. The summed E-state index contributed by atoms with van der Waals surface area (Å²) in [5.41, 5.74) is 0.646. The third-order valence-electron chi connectivity index (χ3n) is 3.29. The van der Waals surface area contributed by atoms with Crippen LogP contribution in [0.4, 0.5) is 10.5 Å². The van der Waals surface area contributed by atoms with E-state index < -0.39 is 0 Å². The van der Waals surface area contributed by atoms with E-state index in [0.29, 0.717) is 10.8 Å². The summed E-state index contributed by atoms with van der Waals surface area (Å²) in [4.78, 5) is 17.4. The molecule has 26 heavy (non-hydrogen) atoms. The molecule has 0 saturated carbocycles. The second kappa shape index (κ2) is 8.63. The van der Waals surface area contributed by atoms with Gasteiger partial charge in [0, 0.05) is 10.6 Å². The highest BCUT2D eigenvalue weighted by atomic mass is 33.1. The Morgan fingerprint density at radius 2 is 1.58 bits per heavy atom. The topological polar surface area (TPSA) is 78.3 Å². The number of aromatic nitrogens is 3. The smallest absolute Gasteiger partial charge is 0.348 e. The maximum absolute atomic E-state index is 12.2. The van der Waals surface area contributed by atoms with E-state index in [1.165, 1.54) is 32.6 Å². The van der Waals surface area contributed by atoms with Crippen LogP contribution in [0.5, 0.6) is 11.5 Å². The highest BCUT2D eigenvalue weighted by Crippen LogP contribution is 2.35. The number of benzene rings is 2. The van der Waals surface area contributed by atoms with E-state index in [4.69, 9.17) is 9.47 Å². The SMILES string of the molecule is COc1ccc(NC(=O)n2cnc(SSc3ccc(OC)cc3)n2)cc1. The van der Waals surface area contributed by atoms with E-state index in [2.05, 4.69) is 15.4 Å². The molecule has 134 valence electrons. The third-order valence-corrected chi connectivity index (χ3v) is 5.45. The molecule has 0 radical (unpaired) electrons. The first-order valence-electron chi connectivity index (χ1n) is 7.53. The summed E-state index contributed by atoms with van der Waals surface area (Å²) in [7, 11) is 6.09. The van der Waals surface area contributed by atoms with Gasteiger partial charge < -0.3 is 14.8 Å². The van der Waals surface area contributed by atoms with Crippen LogP contribution in [0, 0.1) is 0 Å². The standard InChI is InChI=1S/C17H16N4O3S2/c1-23-13-5-3-12(4-6-13)19-17(22)21-11-18-16(20-21)26-25-15-9-7-14(24-2)8-10-15/h3-11H,1-2H3,(H,19,22). The zero-order valence-corrected chi connectivity index (χ0v) is 15.7. The molecule has 0 unspecified atom stereocenters. The van der Waals surface area contributed by atoms with Crippen LogP contribution >= 0.6 is 21.6 Å². The first-order chi connectivity index (χ1) is 12.7. The van der Waals surface area contributed by atoms with Gasteiger partial charge in [-0.25, -0.2) is 9.78 Å². The van der Waals surface area contributed by atoms with Gasteiger partial charge in [-0.05, 0) is 70.1 Å². The lowest BCUT2D eigenvalue weighted by atomic mass is 10.3. The van der Waals surface area contributed by atoms with Crippen molar-refractivity contribution in [3.05, 3.63) is 54.9 Å². The number of nitrogens with zero attached hydrogens (tertiary/aromatic N) is 3. The summed E-state index contributed by atoms with van der Waals surface area (Å²) in [6.07, 6.45) is 1.38. The summed E-state index contributed by atoms with van der Waals surface area (Å²) in [5.74, 6) is 1.52. The number of rotatable bonds is 6. The van der Waals surface area contributed by atoms with Gasteiger partial charge in [-0.3, -0.25) is 0 Å². The van der Waals surface area contributed by atoms with Gasteiger partial charge in [-0.1, -0.05) is 0 Å². The van der Waals surface area contributed by atoms with E-state index in [0.717, 1.165) is 16.4 Å². The number of amides is 1. The van der Waals surface area contributed by atoms with Gasteiger partial charge in [0.25, 0.3) is 0 Å². The van der Waals surface area contributed by atoms with Crippen LogP contribution in [0.1, 0.15) is 0 Å². The highest BCUT2D eigenvalue weighted by Gasteiger charge is 2.10. The Hall–Kier alpha value is -2.65. The number of carbonyl (C=O) groups excluding carboxylic acids is 1. The quantitative estimate of drug-likeness (QED) is 0.635. The number of nitrogens with one attached hydrogen (secondary N) is 1. The molecule has 0 fully saturated rings. The molecule has 0 aliphatic heterocycles. The zero-order valence-electron chi connectivity index (χ0n) is 14.1. The average molecular weight is 388 g/mol. The van der Waals surface area contributed by atoms with E-state index >= 15 is 0 Å². The molecule has 3 aromatic rings. The van der Waals surface area contributed by atoms with Crippen LogP contribution in [0.2, 0.25) is 0 Å². The molecule has 0 bridgehead atoms. The van der Waals surface area contributed by atoms with Gasteiger partial charge in [0.1, 0.15) is 17.8 Å². The lowest BCUT2D eigenvalue weighted by Gasteiger charge is -2.05. The second-order valence-corrected chi connectivity index (χ2v) is 7.14. The summed E-state index contributed by atoms with van der Waals surface area (Å²) < 4.78 is 11.4. The predicted molar refractivity (Wildman–Crippen MR) is 102 cm³/mol. The second-order valence-electron chi connectivity index (χ2n) is 4.97. The Bertz CT molecular complexity index is 866. The molecule has 0 atom stereocenters. The largest absolute Gasteiger partial charge is 0.497 e. The number of anilines is 1. The van der Waals surface area contributed by atoms with Crippen molar-refractivity contribution in [2.75, 3.05) is 19.5 Å². The molecule has 0 spiro atoms. The molecule has 3 rings (SSSR count). The highest BCUT2D eigenvalue weighted by molar-refractivity contribution is 8.76. The normalized spacial score (nSPS) is 10.4. The fraction of sp³-hybridized carbons (Fsp3) is 0.118. The Morgan fingerprint density at radius 3 is 2.19 bits per heavy atom. The van der Waals surface area contributed by atoms with Crippen LogP contribution in [-0.2, 0) is 0 Å². The van der Waals surface area contributed by atoms with Crippen molar-refractivity contribution >= 4 is 33.3 Å². The Kier molecular flexibility index (Phi) is 6.03. The fourth-order valence-electron chi connectivity index (χ4n) is 1.96. The fourth-order valence-corrected chi connectivity index (χ4v) is 3.66. The minimum absolute atomic E-state index is 0.385. The molecule has 9 heteroatoms. The van der Waals surface area contributed by atoms with Crippen molar-refractivity contribution in [2.24, 2.45) is 0 Å². The summed E-state index contributed by atoms with van der Waals surface area (Å²) >= 11 is 0. The minimum Gasteiger partial charge on any atom is -0.497 e. The summed E-state index contributed by atoms with van der Waals surface area (Å²) in [6.45, 7) is 0. The lowest BCUT2D eigenvalue weighted by Crippen LogP contribution is -2.19. The van der Waals surface area contributed by atoms with E-state index in [1.54, 1.807) is 38.5 Å². The Balaban J connectivity index is 1.56. The Morgan fingerprint density at radius 1 is 0.962 bits per heavy atom. The van der Waals surface area contributed by atoms with Crippen LogP contribution in [-0.4, -0.2) is 35.0 Å². The minimum atomic E-state index is -0.385. The first kappa shape index (κ1) is 18.2. The number of methoxy groups -OCH3 is 2. The molecule has 7 nitrogen and oxygen atoms in total. The van der Waals surface area contributed by atoms with E-state index in [9.17, 15) is 4.79 Å². The van der Waals surface area contributed by atoms with Gasteiger partial charge in [0.15, 0.2) is 0 Å². The number of hydrogen-bond donors (Lipinski definition) is 1. The first-order valence-corrected chi connectivity index (χ1v) is 9.68. The van der Waals surface area contributed by atoms with Crippen molar-refractivity contribution in [3.63, 3.8) is 0 Å². The van der Waals surface area contributed by atoms with Gasteiger partial charge in [0.2, 0.25) is 5.16 Å².